The summed E-state index contributed by atoms with van der Waals surface area (Å²) in [6, 6.07) is 11.9. The van der Waals surface area contributed by atoms with E-state index >= 15 is 0 Å². The third-order valence-corrected chi connectivity index (χ3v) is 6.53. The van der Waals surface area contributed by atoms with Gasteiger partial charge in [0.15, 0.2) is 6.23 Å². The maximum atomic E-state index is 13.1. The Kier molecular flexibility index (Phi) is 6.93. The maximum Gasteiger partial charge on any atom is 0.416 e. The van der Waals surface area contributed by atoms with Crippen molar-refractivity contribution in [3.8, 4) is 11.3 Å². The van der Waals surface area contributed by atoms with Crippen LogP contribution in [-0.2, 0) is 10.9 Å². The van der Waals surface area contributed by atoms with Gasteiger partial charge in [-0.1, -0.05) is 18.2 Å². The van der Waals surface area contributed by atoms with Gasteiger partial charge >= 0.3 is 6.18 Å². The van der Waals surface area contributed by atoms with Crippen LogP contribution in [0.5, 0.6) is 0 Å². The Hall–Kier alpha value is -3.41. The first-order chi connectivity index (χ1) is 17.7. The molecule has 196 valence electrons. The van der Waals surface area contributed by atoms with Gasteiger partial charge in [0.1, 0.15) is 5.82 Å². The molecule has 11 heteroatoms. The Morgan fingerprint density at radius 1 is 1.03 bits per heavy atom. The van der Waals surface area contributed by atoms with Gasteiger partial charge in [0.05, 0.1) is 30.6 Å². The minimum absolute atomic E-state index is 0.104. The number of morpholine rings is 1. The molecule has 2 aliphatic heterocycles. The van der Waals surface area contributed by atoms with E-state index in [0.29, 0.717) is 56.7 Å². The number of hydrogen-bond acceptors (Lipinski definition) is 8. The summed E-state index contributed by atoms with van der Waals surface area (Å²) in [6.07, 6.45) is -6.25. The first-order valence-corrected chi connectivity index (χ1v) is 12.0. The molecule has 0 aliphatic carbocycles. The molecule has 0 bridgehead atoms. The summed E-state index contributed by atoms with van der Waals surface area (Å²) in [5.41, 5.74) is 2.20. The number of aromatic nitrogens is 2. The van der Waals surface area contributed by atoms with Gasteiger partial charge in [0.2, 0.25) is 5.95 Å². The van der Waals surface area contributed by atoms with Crippen molar-refractivity contribution in [1.29, 1.82) is 0 Å². The second kappa shape index (κ2) is 10.2. The van der Waals surface area contributed by atoms with Crippen LogP contribution >= 0.6 is 0 Å². The largest absolute Gasteiger partial charge is 0.416 e. The zero-order valence-corrected chi connectivity index (χ0v) is 20.2. The molecule has 0 amide bonds. The van der Waals surface area contributed by atoms with Gasteiger partial charge in [0.25, 0.3) is 0 Å². The number of nitrogens with zero attached hydrogens (tertiary/aromatic N) is 4. The van der Waals surface area contributed by atoms with Gasteiger partial charge in [-0.25, -0.2) is 4.98 Å². The van der Waals surface area contributed by atoms with E-state index in [0.717, 1.165) is 29.1 Å². The van der Waals surface area contributed by atoms with Crippen molar-refractivity contribution in [2.24, 2.45) is 0 Å². The van der Waals surface area contributed by atoms with Crippen molar-refractivity contribution in [3.05, 3.63) is 65.2 Å². The number of nitrogens with one attached hydrogen (secondary N) is 1. The normalized spacial score (nSPS) is 17.5. The third kappa shape index (κ3) is 5.63. The van der Waals surface area contributed by atoms with Gasteiger partial charge in [-0.3, -0.25) is 0 Å². The number of anilines is 3. The van der Waals surface area contributed by atoms with E-state index in [1.165, 1.54) is 12.1 Å². The smallest absolute Gasteiger partial charge is 0.389 e. The maximum absolute atomic E-state index is 13.1. The Labute approximate surface area is 212 Å². The number of benzene rings is 2. The SMILES string of the molecule is Cc1ccc(NC(O)c2cccc(C(F)(F)F)c2)cc1-c1cc(N2CCOCC2)nc(N2CC(O)C2)n1. The number of ether oxygens (including phenoxy) is 1. The van der Waals surface area contributed by atoms with Crippen LogP contribution in [0.3, 0.4) is 0 Å². The van der Waals surface area contributed by atoms with E-state index in [4.69, 9.17) is 14.7 Å². The lowest BCUT2D eigenvalue weighted by Crippen LogP contribution is -2.51. The number of rotatable bonds is 6. The molecule has 3 aromatic rings. The number of alkyl halides is 3. The van der Waals surface area contributed by atoms with Crippen molar-refractivity contribution in [1.82, 2.24) is 9.97 Å². The molecule has 1 aromatic heterocycles. The van der Waals surface area contributed by atoms with Crippen molar-refractivity contribution in [3.63, 3.8) is 0 Å². The van der Waals surface area contributed by atoms with Crippen molar-refractivity contribution < 1.29 is 28.1 Å². The van der Waals surface area contributed by atoms with Gasteiger partial charge in [-0.2, -0.15) is 18.2 Å². The molecule has 3 heterocycles. The van der Waals surface area contributed by atoms with Gasteiger partial charge in [-0.05, 0) is 36.8 Å². The standard InChI is InChI=1S/C26H28F3N5O3/c1-16-5-6-19(30-24(36)17-3-2-4-18(11-17)26(27,28)29)12-21(16)22-13-23(33-7-9-37-10-8-33)32-25(31-22)34-14-20(35)15-34/h2-6,11-13,20,24,30,35-36H,7-10,14-15H2,1H3. The molecular formula is C26H28F3N5O3. The number of halogens is 3. The molecule has 2 aliphatic rings. The van der Waals surface area contributed by atoms with Crippen LogP contribution in [0.25, 0.3) is 11.3 Å². The topological polar surface area (TPSA) is 94.0 Å². The summed E-state index contributed by atoms with van der Waals surface area (Å²) >= 11 is 0. The Morgan fingerprint density at radius 3 is 2.49 bits per heavy atom. The molecule has 0 spiro atoms. The molecule has 1 unspecified atom stereocenters. The van der Waals surface area contributed by atoms with Crippen LogP contribution in [0.4, 0.5) is 30.6 Å². The molecule has 1 atom stereocenters. The highest BCUT2D eigenvalue weighted by Gasteiger charge is 2.31. The lowest BCUT2D eigenvalue weighted by molar-refractivity contribution is -0.137. The summed E-state index contributed by atoms with van der Waals surface area (Å²) in [7, 11) is 0. The lowest BCUT2D eigenvalue weighted by Gasteiger charge is -2.37. The van der Waals surface area contributed by atoms with Crippen molar-refractivity contribution in [2.75, 3.05) is 54.5 Å². The highest BCUT2D eigenvalue weighted by atomic mass is 19.4. The molecule has 0 radical (unpaired) electrons. The summed E-state index contributed by atoms with van der Waals surface area (Å²) < 4.78 is 44.8. The van der Waals surface area contributed by atoms with Crippen LogP contribution in [0.1, 0.15) is 22.9 Å². The highest BCUT2D eigenvalue weighted by molar-refractivity contribution is 5.72. The average Bonchev–Trinajstić information content (AvgIpc) is 2.87. The quantitative estimate of drug-likeness (QED) is 0.429. The Morgan fingerprint density at radius 2 is 1.78 bits per heavy atom. The van der Waals surface area contributed by atoms with Crippen LogP contribution < -0.4 is 15.1 Å². The van der Waals surface area contributed by atoms with Crippen LogP contribution in [0, 0.1) is 6.92 Å². The molecule has 2 fully saturated rings. The number of aryl methyl sites for hydroxylation is 1. The van der Waals surface area contributed by atoms with E-state index in [1.54, 1.807) is 6.07 Å². The predicted molar refractivity (Wildman–Crippen MR) is 133 cm³/mol. The summed E-state index contributed by atoms with van der Waals surface area (Å²) in [4.78, 5) is 13.5. The summed E-state index contributed by atoms with van der Waals surface area (Å²) in [5.74, 6) is 1.28. The first kappa shape index (κ1) is 25.2. The number of aliphatic hydroxyl groups excluding tert-OH is 2. The van der Waals surface area contributed by atoms with E-state index in [9.17, 15) is 23.4 Å². The fourth-order valence-corrected chi connectivity index (χ4v) is 4.39. The zero-order chi connectivity index (χ0) is 26.2. The fraction of sp³-hybridized carbons (Fsp3) is 0.385. The van der Waals surface area contributed by atoms with E-state index < -0.39 is 24.1 Å². The third-order valence-electron chi connectivity index (χ3n) is 6.53. The molecule has 2 aromatic carbocycles. The van der Waals surface area contributed by atoms with Gasteiger partial charge in [-0.15, -0.1) is 0 Å². The molecule has 8 nitrogen and oxygen atoms in total. The van der Waals surface area contributed by atoms with E-state index in [-0.39, 0.29) is 5.56 Å². The second-order valence-corrected chi connectivity index (χ2v) is 9.27. The van der Waals surface area contributed by atoms with Gasteiger partial charge < -0.3 is 30.1 Å². The highest BCUT2D eigenvalue weighted by Crippen LogP contribution is 2.33. The molecule has 37 heavy (non-hydrogen) atoms. The molecule has 2 saturated heterocycles. The summed E-state index contributed by atoms with van der Waals surface area (Å²) in [5, 5.41) is 23.3. The Balaban J connectivity index is 1.45. The van der Waals surface area contributed by atoms with Crippen molar-refractivity contribution >= 4 is 17.5 Å². The molecular weight excluding hydrogens is 487 g/mol. The van der Waals surface area contributed by atoms with Crippen molar-refractivity contribution in [2.45, 2.75) is 25.4 Å². The molecule has 3 N–H and O–H groups in total. The monoisotopic (exact) mass is 515 g/mol. The minimum atomic E-state index is -4.50. The van der Waals surface area contributed by atoms with E-state index in [1.807, 2.05) is 30.0 Å². The van der Waals surface area contributed by atoms with Crippen LogP contribution in [-0.4, -0.2) is 65.7 Å². The summed E-state index contributed by atoms with van der Waals surface area (Å²) in [6.45, 7) is 5.44. The predicted octanol–water partition coefficient (Wildman–Crippen LogP) is 3.59. The molecule has 5 rings (SSSR count). The van der Waals surface area contributed by atoms with Crippen LogP contribution in [0.15, 0.2) is 48.5 Å². The number of hydrogen-bond donors (Lipinski definition) is 3. The minimum Gasteiger partial charge on any atom is -0.389 e. The average molecular weight is 516 g/mol. The fourth-order valence-electron chi connectivity index (χ4n) is 4.39. The number of β-amino-alcohol motifs (C(OH)–C–C–N with tert-alkyl or cyclic N) is 1. The van der Waals surface area contributed by atoms with Gasteiger partial charge in [0, 0.05) is 49.1 Å². The Bertz CT molecular complexity index is 1260. The molecule has 0 saturated carbocycles. The van der Waals surface area contributed by atoms with Crippen LogP contribution in [0.2, 0.25) is 0 Å². The zero-order valence-electron chi connectivity index (χ0n) is 20.2. The van der Waals surface area contributed by atoms with E-state index in [2.05, 4.69) is 10.2 Å². The second-order valence-electron chi connectivity index (χ2n) is 9.27. The number of aliphatic hydroxyl groups is 2. The lowest BCUT2D eigenvalue weighted by atomic mass is 10.0. The first-order valence-electron chi connectivity index (χ1n) is 12.0.